The molecule has 0 aromatic heterocycles. The number of rotatable bonds is 13. The van der Waals surface area contributed by atoms with Crippen molar-refractivity contribution in [3.63, 3.8) is 0 Å². The van der Waals surface area contributed by atoms with Gasteiger partial charge in [-0.3, -0.25) is 0 Å². The largest absolute Gasteiger partial charge is 0.396 e. The Labute approximate surface area is 240 Å². The van der Waals surface area contributed by atoms with E-state index in [2.05, 4.69) is 57.2 Å². The van der Waals surface area contributed by atoms with Crippen molar-refractivity contribution >= 4 is 0 Å². The lowest BCUT2D eigenvalue weighted by Crippen LogP contribution is -2.25. The van der Waals surface area contributed by atoms with Gasteiger partial charge in [0, 0.05) is 20.3 Å². The Morgan fingerprint density at radius 2 is 1.62 bits per heavy atom. The quantitative estimate of drug-likeness (QED) is 0.278. The van der Waals surface area contributed by atoms with Gasteiger partial charge in [0.05, 0.1) is 0 Å². The van der Waals surface area contributed by atoms with E-state index in [0.29, 0.717) is 5.92 Å². The van der Waals surface area contributed by atoms with Gasteiger partial charge < -0.3 is 9.84 Å². The Morgan fingerprint density at radius 1 is 0.897 bits per heavy atom. The molecule has 4 rings (SSSR count). The monoisotopic (exact) mass is 532 g/mol. The van der Waals surface area contributed by atoms with Gasteiger partial charge in [-0.05, 0) is 134 Å². The summed E-state index contributed by atoms with van der Waals surface area (Å²) in [4.78, 5) is 0. The van der Waals surface area contributed by atoms with Crippen LogP contribution in [-0.2, 0) is 17.6 Å². The molecule has 1 unspecified atom stereocenters. The van der Waals surface area contributed by atoms with Crippen LogP contribution in [-0.4, -0.2) is 25.4 Å². The second-order valence-electron chi connectivity index (χ2n) is 13.0. The summed E-state index contributed by atoms with van der Waals surface area (Å²) in [5, 5.41) is 9.27. The fraction of sp³-hybridized carbons (Fsp3) is 0.676. The summed E-state index contributed by atoms with van der Waals surface area (Å²) in [5.41, 5.74) is 8.66. The molecule has 216 valence electrons. The van der Waals surface area contributed by atoms with Crippen molar-refractivity contribution < 1.29 is 9.84 Å². The van der Waals surface area contributed by atoms with Crippen molar-refractivity contribution in [2.45, 2.75) is 117 Å². The van der Waals surface area contributed by atoms with Crippen LogP contribution in [0.4, 0.5) is 0 Å². The van der Waals surface area contributed by atoms with E-state index in [1.165, 1.54) is 92.0 Å². The lowest BCUT2D eigenvalue weighted by atomic mass is 9.67. The van der Waals surface area contributed by atoms with Gasteiger partial charge in [0.2, 0.25) is 0 Å². The van der Waals surface area contributed by atoms with Gasteiger partial charge in [-0.2, -0.15) is 0 Å². The summed E-state index contributed by atoms with van der Waals surface area (Å²) < 4.78 is 5.46. The zero-order valence-corrected chi connectivity index (χ0v) is 25.5. The van der Waals surface area contributed by atoms with Crippen LogP contribution in [0.5, 0.6) is 0 Å². The van der Waals surface area contributed by atoms with Crippen LogP contribution in [0.15, 0.2) is 36.4 Å². The second-order valence-corrected chi connectivity index (χ2v) is 13.0. The average Bonchev–Trinajstić information content (AvgIpc) is 2.96. The molecular formula is C37H56O2. The fourth-order valence-electron chi connectivity index (χ4n) is 8.10. The maximum atomic E-state index is 9.27. The van der Waals surface area contributed by atoms with Crippen molar-refractivity contribution in [1.82, 2.24) is 0 Å². The van der Waals surface area contributed by atoms with Gasteiger partial charge in [0.25, 0.3) is 0 Å². The number of ether oxygens (including phenoxy) is 1. The molecule has 2 saturated carbocycles. The number of aliphatic hydroxyl groups is 1. The fourth-order valence-corrected chi connectivity index (χ4v) is 8.10. The number of aliphatic hydroxyl groups excluding tert-OH is 1. The van der Waals surface area contributed by atoms with E-state index in [1.807, 2.05) is 0 Å². The molecule has 2 heteroatoms. The Bertz CT molecular complexity index is 994. The molecular weight excluding hydrogens is 476 g/mol. The molecule has 1 N–H and O–H groups in total. The molecule has 0 amide bonds. The highest BCUT2D eigenvalue weighted by atomic mass is 16.5. The van der Waals surface area contributed by atoms with Gasteiger partial charge in [0.1, 0.15) is 0 Å². The molecule has 39 heavy (non-hydrogen) atoms. The minimum Gasteiger partial charge on any atom is -0.396 e. The molecule has 2 aromatic rings. The number of hydrogen-bond acceptors (Lipinski definition) is 2. The van der Waals surface area contributed by atoms with Crippen LogP contribution in [0.3, 0.4) is 0 Å². The third kappa shape index (κ3) is 8.20. The molecule has 0 radical (unpaired) electrons. The molecule has 2 fully saturated rings. The highest BCUT2D eigenvalue weighted by Crippen LogP contribution is 2.45. The van der Waals surface area contributed by atoms with Gasteiger partial charge in [-0.25, -0.2) is 0 Å². The van der Waals surface area contributed by atoms with Crippen LogP contribution in [0, 0.1) is 30.6 Å². The summed E-state index contributed by atoms with van der Waals surface area (Å²) in [5.74, 6) is 4.23. The number of benzene rings is 2. The lowest BCUT2D eigenvalue weighted by Gasteiger charge is -2.38. The Kier molecular flexibility index (Phi) is 12.0. The van der Waals surface area contributed by atoms with Crippen molar-refractivity contribution in [3.8, 4) is 11.1 Å². The van der Waals surface area contributed by atoms with E-state index in [9.17, 15) is 5.11 Å². The van der Waals surface area contributed by atoms with Crippen LogP contribution in [0.1, 0.15) is 119 Å². The predicted molar refractivity (Wildman–Crippen MR) is 166 cm³/mol. The lowest BCUT2D eigenvalue weighted by molar-refractivity contribution is 0.141. The Balaban J connectivity index is 1.38. The highest BCUT2D eigenvalue weighted by molar-refractivity contribution is 5.69. The molecule has 2 aliphatic carbocycles. The topological polar surface area (TPSA) is 29.5 Å². The average molecular weight is 533 g/mol. The molecule has 2 aliphatic rings. The van der Waals surface area contributed by atoms with Gasteiger partial charge >= 0.3 is 0 Å². The molecule has 2 aromatic carbocycles. The molecule has 2 nitrogen and oxygen atoms in total. The summed E-state index contributed by atoms with van der Waals surface area (Å²) in [6.45, 7) is 7.98. The highest BCUT2D eigenvalue weighted by Gasteiger charge is 2.31. The first-order valence-electron chi connectivity index (χ1n) is 16.4. The van der Waals surface area contributed by atoms with E-state index in [0.717, 1.165) is 56.0 Å². The number of aryl methyl sites for hydroxylation is 2. The van der Waals surface area contributed by atoms with E-state index >= 15 is 0 Å². The molecule has 0 spiro atoms. The normalized spacial score (nSPS) is 24.5. The minimum atomic E-state index is 0.260. The van der Waals surface area contributed by atoms with E-state index in [4.69, 9.17) is 4.74 Å². The summed E-state index contributed by atoms with van der Waals surface area (Å²) >= 11 is 0. The van der Waals surface area contributed by atoms with Crippen LogP contribution in [0.25, 0.3) is 11.1 Å². The van der Waals surface area contributed by atoms with Crippen LogP contribution >= 0.6 is 0 Å². The third-order valence-electron chi connectivity index (χ3n) is 10.3. The second kappa shape index (κ2) is 15.4. The Morgan fingerprint density at radius 3 is 2.23 bits per heavy atom. The maximum absolute atomic E-state index is 9.27. The molecule has 0 saturated heterocycles. The van der Waals surface area contributed by atoms with E-state index in [1.54, 1.807) is 12.7 Å². The summed E-state index contributed by atoms with van der Waals surface area (Å²) in [7, 11) is 1.78. The predicted octanol–water partition coefficient (Wildman–Crippen LogP) is 9.68. The van der Waals surface area contributed by atoms with Crippen molar-refractivity contribution in [2.24, 2.45) is 23.7 Å². The first-order valence-corrected chi connectivity index (χ1v) is 16.4. The summed E-state index contributed by atoms with van der Waals surface area (Å²) in [6, 6.07) is 14.4. The number of hydrogen-bond donors (Lipinski definition) is 1. The Hall–Kier alpha value is -1.64. The van der Waals surface area contributed by atoms with Crippen LogP contribution in [0.2, 0.25) is 0 Å². The zero-order valence-electron chi connectivity index (χ0n) is 25.5. The van der Waals surface area contributed by atoms with Crippen molar-refractivity contribution in [2.75, 3.05) is 20.3 Å². The van der Waals surface area contributed by atoms with Gasteiger partial charge in [0.15, 0.2) is 0 Å². The zero-order chi connectivity index (χ0) is 27.6. The standard InChI is InChI=1S/C37H56O2/c1-5-8-28-10-13-32(14-11-28)33-15-17-34(18-16-33)36-21-19-35(23-27(36)3)37-20-12-29(25-31(37)6-2)24-30(26-39-4)9-7-22-38/h12,19-21,23,25,28,30,32-34,38H,5-11,13-18,22,24,26H2,1-4H3. The molecule has 0 aliphatic heterocycles. The molecule has 0 bridgehead atoms. The van der Waals surface area contributed by atoms with Gasteiger partial charge in [-0.15, -0.1) is 0 Å². The molecule has 0 heterocycles. The van der Waals surface area contributed by atoms with Crippen molar-refractivity contribution in [3.05, 3.63) is 58.7 Å². The van der Waals surface area contributed by atoms with Crippen LogP contribution < -0.4 is 0 Å². The first kappa shape index (κ1) is 30.3. The van der Waals surface area contributed by atoms with Gasteiger partial charge in [-0.1, -0.05) is 75.9 Å². The smallest absolute Gasteiger partial charge is 0.0493 e. The molecule has 1 atom stereocenters. The van der Waals surface area contributed by atoms with Crippen molar-refractivity contribution in [1.29, 1.82) is 0 Å². The third-order valence-corrected chi connectivity index (χ3v) is 10.3. The van der Waals surface area contributed by atoms with E-state index < -0.39 is 0 Å². The first-order chi connectivity index (χ1) is 19.1. The number of methoxy groups -OCH3 is 1. The summed E-state index contributed by atoms with van der Waals surface area (Å²) in [6.07, 6.45) is 18.4. The SMILES string of the molecule is CCCC1CCC(C2CCC(c3ccc(-c4ccc(CC(CCCO)COC)cc4CC)cc3C)CC2)CC1. The van der Waals surface area contributed by atoms with E-state index in [-0.39, 0.29) is 6.61 Å². The maximum Gasteiger partial charge on any atom is 0.0493 e. The minimum absolute atomic E-state index is 0.260.